The molecule has 0 aliphatic heterocycles. The summed E-state index contributed by atoms with van der Waals surface area (Å²) in [5.74, 6) is 0.630. The summed E-state index contributed by atoms with van der Waals surface area (Å²) in [6.45, 7) is 2.88. The predicted octanol–water partition coefficient (Wildman–Crippen LogP) is 1.90. The van der Waals surface area contributed by atoms with Gasteiger partial charge in [-0.25, -0.2) is 4.98 Å². The first kappa shape index (κ1) is 13.1. The van der Waals surface area contributed by atoms with Gasteiger partial charge in [-0.2, -0.15) is 0 Å². The number of methoxy groups -OCH3 is 1. The lowest BCUT2D eigenvalue weighted by Crippen LogP contribution is -2.37. The molecule has 1 fully saturated rings. The highest BCUT2D eigenvalue weighted by Crippen LogP contribution is 2.25. The minimum Gasteiger partial charge on any atom is -0.468 e. The van der Waals surface area contributed by atoms with Crippen LogP contribution in [-0.4, -0.2) is 35.5 Å². The fourth-order valence-corrected chi connectivity index (χ4v) is 2.49. The van der Waals surface area contributed by atoms with Gasteiger partial charge in [-0.1, -0.05) is 12.8 Å². The number of oxazole rings is 1. The molecule has 2 rings (SSSR count). The number of hydrogen-bond donors (Lipinski definition) is 0. The largest absolute Gasteiger partial charge is 0.468 e. The Hall–Kier alpha value is -1.36. The molecule has 1 aromatic heterocycles. The third kappa shape index (κ3) is 3.10. The van der Waals surface area contributed by atoms with Crippen LogP contribution in [0.2, 0.25) is 0 Å². The zero-order valence-corrected chi connectivity index (χ0v) is 11.0. The summed E-state index contributed by atoms with van der Waals surface area (Å²) in [5, 5.41) is 0. The molecule has 0 amide bonds. The van der Waals surface area contributed by atoms with Gasteiger partial charge in [0.1, 0.15) is 5.76 Å². The van der Waals surface area contributed by atoms with Crippen LogP contribution in [0.25, 0.3) is 0 Å². The lowest BCUT2D eigenvalue weighted by molar-refractivity contribution is -0.142. The Morgan fingerprint density at radius 2 is 2.28 bits per heavy atom. The highest BCUT2D eigenvalue weighted by molar-refractivity contribution is 5.71. The molecule has 100 valence electrons. The van der Waals surface area contributed by atoms with Crippen molar-refractivity contribution in [3.63, 3.8) is 0 Å². The molecular formula is C13H20N2O3. The maximum atomic E-state index is 11.5. The molecule has 0 saturated heterocycles. The molecule has 1 heterocycles. The Labute approximate surface area is 107 Å². The van der Waals surface area contributed by atoms with E-state index in [9.17, 15) is 4.79 Å². The van der Waals surface area contributed by atoms with Gasteiger partial charge < -0.3 is 9.15 Å². The van der Waals surface area contributed by atoms with Gasteiger partial charge in [0.25, 0.3) is 0 Å². The van der Waals surface area contributed by atoms with Crippen molar-refractivity contribution in [3.8, 4) is 0 Å². The second-order valence-corrected chi connectivity index (χ2v) is 4.77. The number of hydrogen-bond acceptors (Lipinski definition) is 5. The zero-order chi connectivity index (χ0) is 13.0. The van der Waals surface area contributed by atoms with Gasteiger partial charge in [-0.15, -0.1) is 0 Å². The molecule has 0 spiro atoms. The third-order valence-corrected chi connectivity index (χ3v) is 3.60. The van der Waals surface area contributed by atoms with E-state index in [0.717, 1.165) is 24.3 Å². The minimum atomic E-state index is -0.192. The van der Waals surface area contributed by atoms with Crippen LogP contribution in [0.15, 0.2) is 10.8 Å². The van der Waals surface area contributed by atoms with E-state index in [2.05, 4.69) is 9.88 Å². The van der Waals surface area contributed by atoms with Crippen molar-refractivity contribution in [2.24, 2.45) is 0 Å². The normalized spacial score (nSPS) is 16.4. The number of carbonyl (C=O) groups is 1. The van der Waals surface area contributed by atoms with E-state index >= 15 is 0 Å². The molecule has 5 heteroatoms. The Bertz CT molecular complexity index is 397. The average molecular weight is 252 g/mol. The summed E-state index contributed by atoms with van der Waals surface area (Å²) in [6, 6.07) is 0.459. The number of aryl methyl sites for hydroxylation is 1. The summed E-state index contributed by atoms with van der Waals surface area (Å²) < 4.78 is 9.97. The van der Waals surface area contributed by atoms with Crippen molar-refractivity contribution in [1.82, 2.24) is 9.88 Å². The number of rotatable bonds is 5. The van der Waals surface area contributed by atoms with E-state index in [4.69, 9.17) is 9.15 Å². The highest BCUT2D eigenvalue weighted by atomic mass is 16.5. The number of ether oxygens (including phenoxy) is 1. The van der Waals surface area contributed by atoms with Crippen molar-refractivity contribution in [2.45, 2.75) is 45.2 Å². The summed E-state index contributed by atoms with van der Waals surface area (Å²) in [5.41, 5.74) is 0.908. The maximum Gasteiger partial charge on any atom is 0.319 e. The minimum absolute atomic E-state index is 0.192. The second-order valence-electron chi connectivity index (χ2n) is 4.77. The van der Waals surface area contributed by atoms with Gasteiger partial charge in [0, 0.05) is 12.6 Å². The van der Waals surface area contributed by atoms with Crippen LogP contribution in [-0.2, 0) is 16.1 Å². The Balaban J connectivity index is 2.04. The standard InChI is InChI=1S/C13H20N2O3/c1-10-12(14-9-18-10)7-15(8-13(16)17-2)11-5-3-4-6-11/h9,11H,3-8H2,1-2H3. The zero-order valence-electron chi connectivity index (χ0n) is 11.0. The van der Waals surface area contributed by atoms with Crippen LogP contribution in [0.3, 0.4) is 0 Å². The molecule has 18 heavy (non-hydrogen) atoms. The fraction of sp³-hybridized carbons (Fsp3) is 0.692. The van der Waals surface area contributed by atoms with E-state index < -0.39 is 0 Å². The quantitative estimate of drug-likeness (QED) is 0.749. The Morgan fingerprint density at radius 1 is 1.56 bits per heavy atom. The summed E-state index contributed by atoms with van der Waals surface area (Å²) in [4.78, 5) is 17.8. The van der Waals surface area contributed by atoms with Crippen LogP contribution >= 0.6 is 0 Å². The number of nitrogens with zero attached hydrogens (tertiary/aromatic N) is 2. The van der Waals surface area contributed by atoms with Crippen molar-refractivity contribution in [1.29, 1.82) is 0 Å². The van der Waals surface area contributed by atoms with Crippen LogP contribution in [0, 0.1) is 6.92 Å². The number of esters is 1. The molecule has 0 unspecified atom stereocenters. The summed E-state index contributed by atoms with van der Waals surface area (Å²) in [6.07, 6.45) is 6.22. The molecular weight excluding hydrogens is 232 g/mol. The van der Waals surface area contributed by atoms with E-state index in [0.29, 0.717) is 19.1 Å². The van der Waals surface area contributed by atoms with Crippen LogP contribution in [0.4, 0.5) is 0 Å². The fourth-order valence-electron chi connectivity index (χ4n) is 2.49. The SMILES string of the molecule is COC(=O)CN(Cc1ncoc1C)C1CCCC1. The van der Waals surface area contributed by atoms with Gasteiger partial charge in [0.15, 0.2) is 6.39 Å². The predicted molar refractivity (Wildman–Crippen MR) is 65.9 cm³/mol. The monoisotopic (exact) mass is 252 g/mol. The molecule has 1 saturated carbocycles. The van der Waals surface area contributed by atoms with Crippen molar-refractivity contribution >= 4 is 5.97 Å². The topological polar surface area (TPSA) is 55.6 Å². The summed E-state index contributed by atoms with van der Waals surface area (Å²) in [7, 11) is 1.43. The number of carbonyl (C=O) groups excluding carboxylic acids is 1. The first-order chi connectivity index (χ1) is 8.70. The van der Waals surface area contributed by atoms with E-state index in [1.807, 2.05) is 6.92 Å². The van der Waals surface area contributed by atoms with Gasteiger partial charge in [-0.05, 0) is 19.8 Å². The first-order valence-electron chi connectivity index (χ1n) is 6.40. The van der Waals surface area contributed by atoms with Crippen LogP contribution in [0.1, 0.15) is 37.1 Å². The van der Waals surface area contributed by atoms with E-state index in [1.54, 1.807) is 0 Å². The van der Waals surface area contributed by atoms with Crippen LogP contribution < -0.4 is 0 Å². The van der Waals surface area contributed by atoms with Crippen LogP contribution in [0.5, 0.6) is 0 Å². The van der Waals surface area contributed by atoms with Gasteiger partial charge >= 0.3 is 5.97 Å². The maximum absolute atomic E-state index is 11.5. The molecule has 1 aliphatic carbocycles. The van der Waals surface area contributed by atoms with Crippen molar-refractivity contribution in [3.05, 3.63) is 17.8 Å². The number of aromatic nitrogens is 1. The van der Waals surface area contributed by atoms with E-state index in [1.165, 1.54) is 26.3 Å². The Morgan fingerprint density at radius 3 is 2.83 bits per heavy atom. The third-order valence-electron chi connectivity index (χ3n) is 3.60. The van der Waals surface area contributed by atoms with Crippen molar-refractivity contribution in [2.75, 3.05) is 13.7 Å². The molecule has 5 nitrogen and oxygen atoms in total. The van der Waals surface area contributed by atoms with Gasteiger partial charge in [0.05, 0.1) is 19.3 Å². The molecule has 0 N–H and O–H groups in total. The highest BCUT2D eigenvalue weighted by Gasteiger charge is 2.25. The average Bonchev–Trinajstić information content (AvgIpc) is 3.00. The lowest BCUT2D eigenvalue weighted by Gasteiger charge is -2.26. The lowest BCUT2D eigenvalue weighted by atomic mass is 10.2. The molecule has 1 aliphatic rings. The summed E-state index contributed by atoms with van der Waals surface area (Å²) >= 11 is 0. The molecule has 0 aromatic carbocycles. The first-order valence-corrected chi connectivity index (χ1v) is 6.40. The Kier molecular flexibility index (Phi) is 4.36. The van der Waals surface area contributed by atoms with Crippen molar-refractivity contribution < 1.29 is 13.9 Å². The molecule has 0 atom stereocenters. The molecule has 0 radical (unpaired) electrons. The van der Waals surface area contributed by atoms with E-state index in [-0.39, 0.29) is 5.97 Å². The molecule has 0 bridgehead atoms. The molecule has 1 aromatic rings. The smallest absolute Gasteiger partial charge is 0.319 e. The second kappa shape index (κ2) is 6.00. The van der Waals surface area contributed by atoms with Gasteiger partial charge in [-0.3, -0.25) is 9.69 Å². The van der Waals surface area contributed by atoms with Gasteiger partial charge in [0.2, 0.25) is 0 Å².